The van der Waals surface area contributed by atoms with Crippen LogP contribution < -0.4 is 21.5 Å². The van der Waals surface area contributed by atoms with Crippen LogP contribution in [0, 0.1) is 0 Å². The number of H-pyrrole nitrogens is 1. The Morgan fingerprint density at radius 2 is 1.76 bits per heavy atom. The molecule has 7 heteroatoms. The quantitative estimate of drug-likeness (QED) is 0.332. The fourth-order valence-electron chi connectivity index (χ4n) is 3.36. The molecule has 0 bridgehead atoms. The number of fused-ring (bicyclic) bond motifs is 2. The summed E-state index contributed by atoms with van der Waals surface area (Å²) in [5, 5.41) is 13.0. The number of nitrogens with zero attached hydrogens (tertiary/aromatic N) is 2. The summed E-state index contributed by atoms with van der Waals surface area (Å²) in [6.07, 6.45) is 3.42. The van der Waals surface area contributed by atoms with Crippen LogP contribution >= 0.6 is 0 Å². The minimum Gasteiger partial charge on any atom is -0.457 e. The largest absolute Gasteiger partial charge is 0.457 e. The predicted molar refractivity (Wildman–Crippen MR) is 116 cm³/mol. The van der Waals surface area contributed by atoms with Crippen LogP contribution in [0.25, 0.3) is 21.7 Å². The van der Waals surface area contributed by atoms with Crippen molar-refractivity contribution >= 4 is 44.6 Å². The van der Waals surface area contributed by atoms with E-state index in [2.05, 4.69) is 20.5 Å². The molecule has 0 aliphatic rings. The normalized spacial score (nSPS) is 11.0. The highest BCUT2D eigenvalue weighted by atomic mass is 16.5. The minimum absolute atomic E-state index is 0.614. The number of nitrogens with two attached hydrogens (primary N) is 2. The second-order valence-corrected chi connectivity index (χ2v) is 6.70. The van der Waals surface area contributed by atoms with Crippen molar-refractivity contribution in [1.82, 2.24) is 15.2 Å². The molecule has 0 radical (unpaired) electrons. The van der Waals surface area contributed by atoms with Gasteiger partial charge in [0.05, 0.1) is 17.4 Å². The molecule has 2 aromatic heterocycles. The van der Waals surface area contributed by atoms with Gasteiger partial charge in [-0.05, 0) is 30.3 Å². The van der Waals surface area contributed by atoms with Crippen molar-refractivity contribution in [1.29, 1.82) is 0 Å². The van der Waals surface area contributed by atoms with Crippen molar-refractivity contribution in [3.63, 3.8) is 0 Å². The third-order valence-corrected chi connectivity index (χ3v) is 4.73. The Morgan fingerprint density at radius 3 is 2.66 bits per heavy atom. The lowest BCUT2D eigenvalue weighted by atomic mass is 10.1. The van der Waals surface area contributed by atoms with Gasteiger partial charge < -0.3 is 21.5 Å². The van der Waals surface area contributed by atoms with Crippen molar-refractivity contribution in [2.45, 2.75) is 0 Å². The zero-order chi connectivity index (χ0) is 19.8. The number of hydrogen-bond acceptors (Lipinski definition) is 6. The van der Waals surface area contributed by atoms with Gasteiger partial charge in [-0.25, -0.2) is 4.98 Å². The zero-order valence-electron chi connectivity index (χ0n) is 15.4. The Bertz CT molecular complexity index is 1340. The van der Waals surface area contributed by atoms with Gasteiger partial charge in [-0.3, -0.25) is 5.10 Å². The number of rotatable bonds is 4. The molecule has 0 unspecified atom stereocenters. The van der Waals surface area contributed by atoms with Crippen LogP contribution in [-0.2, 0) is 0 Å². The van der Waals surface area contributed by atoms with Crippen molar-refractivity contribution in [2.75, 3.05) is 16.8 Å². The Morgan fingerprint density at radius 1 is 0.897 bits per heavy atom. The van der Waals surface area contributed by atoms with Crippen LogP contribution in [0.3, 0.4) is 0 Å². The Balaban J connectivity index is 1.45. The second kappa shape index (κ2) is 6.72. The standard InChI is InChI=1S/C22H18N6O/c23-18-5-6-20(17-4-2-1-3-16(17)18)29-15-7-8-25-21(11-15)27-14-9-13-12-26-28-22(13)19(24)10-14/h1-12H,23-24H2,(H,25,27)(H,26,28). The summed E-state index contributed by atoms with van der Waals surface area (Å²) in [5.41, 5.74) is 15.1. The first kappa shape index (κ1) is 16.9. The highest BCUT2D eigenvalue weighted by Crippen LogP contribution is 2.34. The number of benzene rings is 3. The highest BCUT2D eigenvalue weighted by molar-refractivity contribution is 5.97. The smallest absolute Gasteiger partial charge is 0.135 e. The third kappa shape index (κ3) is 3.14. The molecular formula is C22H18N6O. The summed E-state index contributed by atoms with van der Waals surface area (Å²) < 4.78 is 6.13. The lowest BCUT2D eigenvalue weighted by Gasteiger charge is -2.12. The van der Waals surface area contributed by atoms with E-state index in [4.69, 9.17) is 16.2 Å². The number of nitrogens with one attached hydrogen (secondary N) is 2. The topological polar surface area (TPSA) is 115 Å². The van der Waals surface area contributed by atoms with Crippen LogP contribution in [0.1, 0.15) is 0 Å². The molecule has 6 N–H and O–H groups in total. The molecule has 0 amide bonds. The summed E-state index contributed by atoms with van der Waals surface area (Å²) in [5.74, 6) is 2.04. The van der Waals surface area contributed by atoms with E-state index in [1.54, 1.807) is 12.4 Å². The van der Waals surface area contributed by atoms with Gasteiger partial charge in [-0.1, -0.05) is 24.3 Å². The monoisotopic (exact) mass is 382 g/mol. The van der Waals surface area contributed by atoms with E-state index >= 15 is 0 Å². The van der Waals surface area contributed by atoms with Crippen molar-refractivity contribution in [2.24, 2.45) is 0 Å². The van der Waals surface area contributed by atoms with E-state index in [1.165, 1.54) is 0 Å². The van der Waals surface area contributed by atoms with E-state index in [0.717, 1.165) is 38.8 Å². The van der Waals surface area contributed by atoms with Gasteiger partial charge >= 0.3 is 0 Å². The molecule has 2 heterocycles. The van der Waals surface area contributed by atoms with E-state index in [1.807, 2.05) is 60.7 Å². The molecule has 0 saturated heterocycles. The maximum absolute atomic E-state index is 6.13. The van der Waals surface area contributed by atoms with Gasteiger partial charge in [0.2, 0.25) is 0 Å². The van der Waals surface area contributed by atoms with E-state index in [0.29, 0.717) is 17.3 Å². The molecule has 5 rings (SSSR count). The molecule has 0 atom stereocenters. The predicted octanol–water partition coefficient (Wildman–Crippen LogP) is 4.81. The van der Waals surface area contributed by atoms with Crippen LogP contribution in [0.15, 0.2) is 73.1 Å². The first-order valence-electron chi connectivity index (χ1n) is 9.08. The number of hydrogen-bond donors (Lipinski definition) is 4. The number of nitrogen functional groups attached to an aromatic ring is 2. The molecule has 142 valence electrons. The van der Waals surface area contributed by atoms with Crippen molar-refractivity contribution in [3.05, 3.63) is 73.1 Å². The lowest BCUT2D eigenvalue weighted by molar-refractivity contribution is 0.488. The SMILES string of the molecule is Nc1ccc(Oc2ccnc(Nc3cc(N)c4[nH]ncc4c3)c2)c2ccccc12. The number of pyridine rings is 1. The molecule has 0 aliphatic heterocycles. The maximum Gasteiger partial charge on any atom is 0.135 e. The lowest BCUT2D eigenvalue weighted by Crippen LogP contribution is -1.96. The van der Waals surface area contributed by atoms with Gasteiger partial charge in [0.25, 0.3) is 0 Å². The molecule has 0 spiro atoms. The number of ether oxygens (including phenoxy) is 1. The van der Waals surface area contributed by atoms with Crippen LogP contribution in [0.4, 0.5) is 22.9 Å². The highest BCUT2D eigenvalue weighted by Gasteiger charge is 2.08. The average molecular weight is 382 g/mol. The summed E-state index contributed by atoms with van der Waals surface area (Å²) in [4.78, 5) is 4.37. The first-order chi connectivity index (χ1) is 14.2. The average Bonchev–Trinajstić information content (AvgIpc) is 3.20. The molecular weight excluding hydrogens is 364 g/mol. The van der Waals surface area contributed by atoms with Crippen molar-refractivity contribution in [3.8, 4) is 11.5 Å². The first-order valence-corrected chi connectivity index (χ1v) is 9.08. The van der Waals surface area contributed by atoms with Gasteiger partial charge in [-0.15, -0.1) is 0 Å². The summed E-state index contributed by atoms with van der Waals surface area (Å²) in [6.45, 7) is 0. The minimum atomic E-state index is 0.614. The van der Waals surface area contributed by atoms with Gasteiger partial charge in [0, 0.05) is 39.8 Å². The molecule has 0 saturated carbocycles. The van der Waals surface area contributed by atoms with Gasteiger partial charge in [-0.2, -0.15) is 5.10 Å². The van der Waals surface area contributed by atoms with Crippen LogP contribution in [0.5, 0.6) is 11.5 Å². The summed E-state index contributed by atoms with van der Waals surface area (Å²) >= 11 is 0. The van der Waals surface area contributed by atoms with Crippen LogP contribution in [-0.4, -0.2) is 15.2 Å². The molecule has 7 nitrogen and oxygen atoms in total. The van der Waals surface area contributed by atoms with Gasteiger partial charge in [0.1, 0.15) is 17.3 Å². The Labute approximate surface area is 166 Å². The molecule has 0 aliphatic carbocycles. The Hall–Kier alpha value is -4.26. The van der Waals surface area contributed by atoms with E-state index < -0.39 is 0 Å². The fraction of sp³-hybridized carbons (Fsp3) is 0. The van der Waals surface area contributed by atoms with E-state index in [-0.39, 0.29) is 0 Å². The second-order valence-electron chi connectivity index (χ2n) is 6.70. The summed E-state index contributed by atoms with van der Waals surface area (Å²) in [6, 6.07) is 19.0. The number of aromatic amines is 1. The molecule has 0 fully saturated rings. The fourth-order valence-corrected chi connectivity index (χ4v) is 3.36. The maximum atomic E-state index is 6.13. The van der Waals surface area contributed by atoms with Crippen molar-refractivity contribution < 1.29 is 4.74 Å². The third-order valence-electron chi connectivity index (χ3n) is 4.73. The molecule has 5 aromatic rings. The Kier molecular flexibility index (Phi) is 3.91. The number of anilines is 4. The van der Waals surface area contributed by atoms with Gasteiger partial charge in [0.15, 0.2) is 0 Å². The van der Waals surface area contributed by atoms with Crippen LogP contribution in [0.2, 0.25) is 0 Å². The number of aromatic nitrogens is 3. The van der Waals surface area contributed by atoms with E-state index in [9.17, 15) is 0 Å². The molecule has 29 heavy (non-hydrogen) atoms. The molecule has 3 aromatic carbocycles. The summed E-state index contributed by atoms with van der Waals surface area (Å²) in [7, 11) is 0. The zero-order valence-corrected chi connectivity index (χ0v) is 15.4.